The van der Waals surface area contributed by atoms with Crippen LogP contribution in [-0.4, -0.2) is 30.1 Å². The van der Waals surface area contributed by atoms with Crippen LogP contribution < -0.4 is 0 Å². The minimum atomic E-state index is -0.531. The second-order valence-electron chi connectivity index (χ2n) is 5.61. The van der Waals surface area contributed by atoms with Gasteiger partial charge < -0.3 is 9.47 Å². The average Bonchev–Trinajstić information content (AvgIpc) is 2.73. The van der Waals surface area contributed by atoms with Crippen molar-refractivity contribution < 1.29 is 8.78 Å². The molecule has 110 valence electrons. The zero-order chi connectivity index (χ0) is 15.0. The number of hydrogen-bond acceptors (Lipinski definition) is 1. The lowest BCUT2D eigenvalue weighted by atomic mass is 10.1. The maximum absolute atomic E-state index is 14.2. The predicted molar refractivity (Wildman–Crippen MR) is 82.5 cm³/mol. The van der Waals surface area contributed by atoms with E-state index in [0.29, 0.717) is 10.9 Å². The molecule has 0 aliphatic carbocycles. The Morgan fingerprint density at radius 3 is 2.57 bits per heavy atom. The number of hydrogen-bond donors (Lipinski definition) is 0. The summed E-state index contributed by atoms with van der Waals surface area (Å²) in [5.41, 5.74) is 1.59. The summed E-state index contributed by atoms with van der Waals surface area (Å²) in [4.78, 5) is 2.11. The molecule has 2 nitrogen and oxygen atoms in total. The van der Waals surface area contributed by atoms with Crippen LogP contribution in [0.15, 0.2) is 36.4 Å². The highest BCUT2D eigenvalue weighted by molar-refractivity contribution is 6.08. The number of aromatic nitrogens is 1. The third kappa shape index (κ3) is 2.51. The van der Waals surface area contributed by atoms with Crippen molar-refractivity contribution >= 4 is 21.8 Å². The van der Waals surface area contributed by atoms with Crippen LogP contribution in [0.5, 0.6) is 0 Å². The molecule has 0 saturated carbocycles. The Kier molecular flexibility index (Phi) is 3.64. The van der Waals surface area contributed by atoms with Crippen LogP contribution in [0.2, 0.25) is 0 Å². The van der Waals surface area contributed by atoms with Crippen LogP contribution in [0.4, 0.5) is 8.78 Å². The first-order valence-corrected chi connectivity index (χ1v) is 7.08. The van der Waals surface area contributed by atoms with Crippen LogP contribution in [0.1, 0.15) is 6.42 Å². The maximum Gasteiger partial charge on any atom is 0.136 e. The Morgan fingerprint density at radius 2 is 1.81 bits per heavy atom. The zero-order valence-electron chi connectivity index (χ0n) is 12.2. The summed E-state index contributed by atoms with van der Waals surface area (Å²) < 4.78 is 29.8. The first kappa shape index (κ1) is 14.0. The van der Waals surface area contributed by atoms with E-state index in [4.69, 9.17) is 0 Å². The van der Waals surface area contributed by atoms with Gasteiger partial charge >= 0.3 is 0 Å². The molecular formula is C17H18F2N2. The summed E-state index contributed by atoms with van der Waals surface area (Å²) in [6, 6.07) is 10.0. The van der Waals surface area contributed by atoms with Crippen LogP contribution in [-0.2, 0) is 6.54 Å². The topological polar surface area (TPSA) is 8.17 Å². The van der Waals surface area contributed by atoms with E-state index in [9.17, 15) is 8.78 Å². The van der Waals surface area contributed by atoms with Crippen molar-refractivity contribution in [3.8, 4) is 0 Å². The highest BCUT2D eigenvalue weighted by Crippen LogP contribution is 2.31. The summed E-state index contributed by atoms with van der Waals surface area (Å²) in [5.74, 6) is -1.02. The highest BCUT2D eigenvalue weighted by Gasteiger charge is 2.15. The minimum Gasteiger partial charge on any atom is -0.340 e. The third-order valence-electron chi connectivity index (χ3n) is 3.78. The van der Waals surface area contributed by atoms with Crippen molar-refractivity contribution in [1.82, 2.24) is 9.47 Å². The Balaban J connectivity index is 2.19. The first-order valence-electron chi connectivity index (χ1n) is 7.08. The van der Waals surface area contributed by atoms with Gasteiger partial charge in [0, 0.05) is 28.9 Å². The molecule has 4 heteroatoms. The molecule has 1 aromatic heterocycles. The summed E-state index contributed by atoms with van der Waals surface area (Å²) in [6.45, 7) is 1.68. The molecule has 21 heavy (non-hydrogen) atoms. The van der Waals surface area contributed by atoms with E-state index >= 15 is 0 Å². The molecule has 0 atom stereocenters. The minimum absolute atomic E-state index is 0.493. The molecule has 0 saturated heterocycles. The zero-order valence-corrected chi connectivity index (χ0v) is 12.2. The molecule has 0 bridgehead atoms. The molecule has 0 spiro atoms. The van der Waals surface area contributed by atoms with E-state index in [0.717, 1.165) is 36.5 Å². The molecule has 0 unspecified atom stereocenters. The molecule has 0 amide bonds. The number of nitrogens with zero attached hydrogens (tertiary/aromatic N) is 2. The molecule has 0 aliphatic rings. The Hall–Kier alpha value is -1.94. The maximum atomic E-state index is 14.2. The van der Waals surface area contributed by atoms with Crippen LogP contribution >= 0.6 is 0 Å². The van der Waals surface area contributed by atoms with E-state index in [1.165, 1.54) is 6.07 Å². The van der Waals surface area contributed by atoms with Gasteiger partial charge in [0.2, 0.25) is 0 Å². The Bertz CT molecular complexity index is 790. The van der Waals surface area contributed by atoms with Gasteiger partial charge in [-0.1, -0.05) is 18.2 Å². The molecule has 3 rings (SSSR count). The predicted octanol–water partition coefficient (Wildman–Crippen LogP) is 4.02. The summed E-state index contributed by atoms with van der Waals surface area (Å²) in [7, 11) is 4.04. The quantitative estimate of drug-likeness (QED) is 0.704. The fourth-order valence-corrected chi connectivity index (χ4v) is 2.88. The van der Waals surface area contributed by atoms with Gasteiger partial charge in [0.25, 0.3) is 0 Å². The lowest BCUT2D eigenvalue weighted by molar-refractivity contribution is 0.389. The van der Waals surface area contributed by atoms with Crippen molar-refractivity contribution in [2.45, 2.75) is 13.0 Å². The van der Waals surface area contributed by atoms with Gasteiger partial charge in [0.15, 0.2) is 0 Å². The molecule has 1 heterocycles. The SMILES string of the molecule is CN(C)CCCn1c2ccccc2c2c(F)cc(F)cc21. The molecule has 0 aliphatic heterocycles. The van der Waals surface area contributed by atoms with Gasteiger partial charge in [-0.2, -0.15) is 0 Å². The van der Waals surface area contributed by atoms with Gasteiger partial charge in [0.1, 0.15) is 11.6 Å². The summed E-state index contributed by atoms with van der Waals surface area (Å²) in [5, 5.41) is 1.35. The van der Waals surface area contributed by atoms with E-state index in [1.54, 1.807) is 0 Å². The standard InChI is InChI=1S/C17H18F2N2/c1-20(2)8-5-9-21-15-7-4-3-6-13(15)17-14(19)10-12(18)11-16(17)21/h3-4,6-7,10-11H,5,8-9H2,1-2H3. The fourth-order valence-electron chi connectivity index (χ4n) is 2.88. The summed E-state index contributed by atoms with van der Waals surface area (Å²) >= 11 is 0. The monoisotopic (exact) mass is 288 g/mol. The molecule has 0 N–H and O–H groups in total. The van der Waals surface area contributed by atoms with Crippen molar-refractivity contribution in [2.75, 3.05) is 20.6 Å². The van der Waals surface area contributed by atoms with Crippen LogP contribution in [0.3, 0.4) is 0 Å². The number of aryl methyl sites for hydroxylation is 1. The van der Waals surface area contributed by atoms with Gasteiger partial charge in [-0.15, -0.1) is 0 Å². The molecular weight excluding hydrogens is 270 g/mol. The molecule has 3 aromatic rings. The normalized spacial score (nSPS) is 11.9. The van der Waals surface area contributed by atoms with Crippen LogP contribution in [0, 0.1) is 11.6 Å². The van der Waals surface area contributed by atoms with Crippen molar-refractivity contribution in [2.24, 2.45) is 0 Å². The largest absolute Gasteiger partial charge is 0.340 e. The lowest BCUT2D eigenvalue weighted by Gasteiger charge is -2.11. The van der Waals surface area contributed by atoms with E-state index in [2.05, 4.69) is 4.90 Å². The molecule has 0 radical (unpaired) electrons. The van der Waals surface area contributed by atoms with Crippen molar-refractivity contribution in [3.05, 3.63) is 48.0 Å². The number of fused-ring (bicyclic) bond motifs is 3. The van der Waals surface area contributed by atoms with Gasteiger partial charge in [-0.05, 0) is 39.2 Å². The number of para-hydroxylation sites is 1. The lowest BCUT2D eigenvalue weighted by Crippen LogP contribution is -2.15. The van der Waals surface area contributed by atoms with Crippen molar-refractivity contribution in [3.63, 3.8) is 0 Å². The Morgan fingerprint density at radius 1 is 1.05 bits per heavy atom. The fraction of sp³-hybridized carbons (Fsp3) is 0.294. The van der Waals surface area contributed by atoms with Crippen molar-refractivity contribution in [1.29, 1.82) is 0 Å². The molecule has 0 fully saturated rings. The van der Waals surface area contributed by atoms with E-state index in [-0.39, 0.29) is 0 Å². The van der Waals surface area contributed by atoms with Crippen LogP contribution in [0.25, 0.3) is 21.8 Å². The molecule has 2 aromatic carbocycles. The van der Waals surface area contributed by atoms with E-state index < -0.39 is 11.6 Å². The van der Waals surface area contributed by atoms with Gasteiger partial charge in [-0.25, -0.2) is 8.78 Å². The van der Waals surface area contributed by atoms with Gasteiger partial charge in [0.05, 0.1) is 5.52 Å². The van der Waals surface area contributed by atoms with E-state index in [1.807, 2.05) is 42.9 Å². The second kappa shape index (κ2) is 5.45. The number of halogens is 2. The average molecular weight is 288 g/mol. The summed E-state index contributed by atoms with van der Waals surface area (Å²) in [6.07, 6.45) is 0.929. The Labute approximate surface area is 122 Å². The number of benzene rings is 2. The highest BCUT2D eigenvalue weighted by atomic mass is 19.1. The smallest absolute Gasteiger partial charge is 0.136 e. The first-order chi connectivity index (χ1) is 10.1. The second-order valence-corrected chi connectivity index (χ2v) is 5.61. The number of rotatable bonds is 4. The third-order valence-corrected chi connectivity index (χ3v) is 3.78. The van der Waals surface area contributed by atoms with Gasteiger partial charge in [-0.3, -0.25) is 0 Å².